The molecule has 0 radical (unpaired) electrons. The predicted octanol–water partition coefficient (Wildman–Crippen LogP) is 0.224. The van der Waals surface area contributed by atoms with Gasteiger partial charge in [0.25, 0.3) is 0 Å². The number of aliphatic hydroxyl groups excluding tert-OH is 2. The Bertz CT molecular complexity index is 486. The molecule has 0 aliphatic carbocycles. The van der Waals surface area contributed by atoms with Gasteiger partial charge in [0.2, 0.25) is 5.91 Å². The van der Waals surface area contributed by atoms with Gasteiger partial charge in [-0.2, -0.15) is 0 Å². The highest BCUT2D eigenvalue weighted by atomic mass is 16.4. The van der Waals surface area contributed by atoms with Crippen LogP contribution in [0.3, 0.4) is 0 Å². The molecule has 6 heteroatoms. The molecule has 19 heavy (non-hydrogen) atoms. The van der Waals surface area contributed by atoms with Gasteiger partial charge in [-0.05, 0) is 18.6 Å². The van der Waals surface area contributed by atoms with Gasteiger partial charge >= 0.3 is 5.97 Å². The number of hydrogen-bond acceptors (Lipinski definition) is 4. The van der Waals surface area contributed by atoms with Crippen LogP contribution in [0.25, 0.3) is 0 Å². The zero-order valence-electron chi connectivity index (χ0n) is 10.8. The van der Waals surface area contributed by atoms with Gasteiger partial charge in [0.1, 0.15) is 12.2 Å². The van der Waals surface area contributed by atoms with Crippen molar-refractivity contribution in [2.45, 2.75) is 26.1 Å². The molecule has 0 bridgehead atoms. The quantitative estimate of drug-likeness (QED) is 0.610. The Balaban J connectivity index is 3.01. The maximum atomic E-state index is 11.1. The summed E-state index contributed by atoms with van der Waals surface area (Å²) in [6.07, 6.45) is -2.65. The first-order chi connectivity index (χ1) is 8.84. The monoisotopic (exact) mass is 267 g/mol. The van der Waals surface area contributed by atoms with Gasteiger partial charge in [0.15, 0.2) is 0 Å². The van der Waals surface area contributed by atoms with E-state index in [1.807, 2.05) is 0 Å². The molecule has 0 spiro atoms. The molecule has 0 aliphatic heterocycles. The number of hydrogen-bond donors (Lipinski definition) is 4. The Morgan fingerprint density at radius 2 is 1.95 bits per heavy atom. The van der Waals surface area contributed by atoms with Gasteiger partial charge in [-0.25, -0.2) is 4.79 Å². The lowest BCUT2D eigenvalue weighted by molar-refractivity contribution is -0.119. The van der Waals surface area contributed by atoms with Crippen LogP contribution in [-0.4, -0.2) is 39.8 Å². The summed E-state index contributed by atoms with van der Waals surface area (Å²) in [5, 5.41) is 31.3. The lowest BCUT2D eigenvalue weighted by Gasteiger charge is -2.21. The number of carbonyl (C=O) groups excluding carboxylic acids is 1. The molecule has 1 aromatic rings. The first-order valence-corrected chi connectivity index (χ1v) is 5.78. The van der Waals surface area contributed by atoms with Crippen LogP contribution in [0.2, 0.25) is 0 Å². The van der Waals surface area contributed by atoms with Gasteiger partial charge in [0.05, 0.1) is 5.56 Å². The van der Waals surface area contributed by atoms with Crippen molar-refractivity contribution in [3.05, 3.63) is 34.9 Å². The molecule has 0 fully saturated rings. The normalized spacial score (nSPS) is 13.7. The van der Waals surface area contributed by atoms with Crippen LogP contribution in [0.1, 0.15) is 34.5 Å². The number of amides is 1. The maximum absolute atomic E-state index is 11.1. The number of nitrogens with one attached hydrogen (secondary N) is 1. The highest BCUT2D eigenvalue weighted by Crippen LogP contribution is 2.25. The number of carbonyl (C=O) groups is 2. The number of carboxylic acid groups (broad SMARTS) is 1. The van der Waals surface area contributed by atoms with Crippen molar-refractivity contribution in [1.29, 1.82) is 0 Å². The molecule has 0 heterocycles. The van der Waals surface area contributed by atoms with E-state index in [1.54, 1.807) is 19.1 Å². The minimum Gasteiger partial charge on any atom is -0.478 e. The van der Waals surface area contributed by atoms with E-state index in [0.717, 1.165) is 0 Å². The van der Waals surface area contributed by atoms with Crippen LogP contribution in [-0.2, 0) is 4.79 Å². The number of rotatable bonds is 5. The van der Waals surface area contributed by atoms with E-state index in [0.29, 0.717) is 5.56 Å². The second-order valence-electron chi connectivity index (χ2n) is 4.29. The number of benzene rings is 1. The summed E-state index contributed by atoms with van der Waals surface area (Å²) in [7, 11) is 0. The summed E-state index contributed by atoms with van der Waals surface area (Å²) in [6, 6.07) is 4.57. The number of carboxylic acids is 1. The summed E-state index contributed by atoms with van der Waals surface area (Å²) < 4.78 is 0. The van der Waals surface area contributed by atoms with E-state index < -0.39 is 18.2 Å². The first-order valence-electron chi connectivity index (χ1n) is 5.78. The van der Waals surface area contributed by atoms with Gasteiger partial charge in [-0.15, -0.1) is 0 Å². The van der Waals surface area contributed by atoms with E-state index in [4.69, 9.17) is 5.11 Å². The topological polar surface area (TPSA) is 107 Å². The number of aliphatic hydroxyl groups is 2. The molecule has 0 aliphatic rings. The molecular weight excluding hydrogens is 250 g/mol. The molecule has 2 unspecified atom stereocenters. The Morgan fingerprint density at radius 3 is 2.47 bits per heavy atom. The zero-order valence-corrected chi connectivity index (χ0v) is 10.8. The molecule has 0 aromatic heterocycles. The summed E-state index contributed by atoms with van der Waals surface area (Å²) in [6.45, 7) is 2.79. The molecule has 1 rings (SSSR count). The Labute approximate surface area is 110 Å². The minimum absolute atomic E-state index is 0.0608. The number of aryl methyl sites for hydroxylation is 1. The van der Waals surface area contributed by atoms with Crippen LogP contribution in [0.5, 0.6) is 0 Å². The van der Waals surface area contributed by atoms with Crippen molar-refractivity contribution in [2.75, 3.05) is 6.54 Å². The lowest BCUT2D eigenvalue weighted by Crippen LogP contribution is -2.35. The largest absolute Gasteiger partial charge is 0.478 e. The SMILES string of the molecule is CC(=O)NCC(O)C(O)c1c(C)cccc1C(=O)O. The molecule has 6 nitrogen and oxygen atoms in total. The first kappa shape index (κ1) is 15.1. The van der Waals surface area contributed by atoms with Crippen LogP contribution >= 0.6 is 0 Å². The summed E-state index contributed by atoms with van der Waals surface area (Å²) in [4.78, 5) is 21.9. The molecule has 0 saturated carbocycles. The zero-order chi connectivity index (χ0) is 14.6. The van der Waals surface area contributed by atoms with Crippen molar-refractivity contribution >= 4 is 11.9 Å². The summed E-state index contributed by atoms with van der Waals surface area (Å²) in [5.74, 6) is -1.51. The van der Waals surface area contributed by atoms with Gasteiger partial charge < -0.3 is 20.6 Å². The third-order valence-electron chi connectivity index (χ3n) is 2.77. The third-order valence-corrected chi connectivity index (χ3v) is 2.77. The molecule has 104 valence electrons. The molecule has 1 amide bonds. The Morgan fingerprint density at radius 1 is 1.32 bits per heavy atom. The van der Waals surface area contributed by atoms with Crippen LogP contribution in [0.4, 0.5) is 0 Å². The number of aromatic carboxylic acids is 1. The van der Waals surface area contributed by atoms with Crippen LogP contribution < -0.4 is 5.32 Å². The molecule has 0 saturated heterocycles. The minimum atomic E-state index is -1.38. The standard InChI is InChI=1S/C13H17NO5/c1-7-4-3-5-9(13(18)19)11(7)12(17)10(16)6-14-8(2)15/h3-5,10,12,16-17H,6H2,1-2H3,(H,14,15)(H,18,19). The fraction of sp³-hybridized carbons (Fsp3) is 0.385. The van der Waals surface area contributed by atoms with Crippen molar-refractivity contribution < 1.29 is 24.9 Å². The highest BCUT2D eigenvalue weighted by molar-refractivity contribution is 5.90. The Hall–Kier alpha value is -1.92. The smallest absolute Gasteiger partial charge is 0.336 e. The third kappa shape index (κ3) is 3.77. The second kappa shape index (κ2) is 6.31. The average molecular weight is 267 g/mol. The van der Waals surface area contributed by atoms with Gasteiger partial charge in [0, 0.05) is 19.0 Å². The van der Waals surface area contributed by atoms with Crippen molar-refractivity contribution in [3.63, 3.8) is 0 Å². The van der Waals surface area contributed by atoms with Crippen LogP contribution in [0, 0.1) is 6.92 Å². The lowest BCUT2D eigenvalue weighted by atomic mass is 9.94. The predicted molar refractivity (Wildman–Crippen MR) is 67.8 cm³/mol. The van der Waals surface area contributed by atoms with Crippen molar-refractivity contribution in [2.24, 2.45) is 0 Å². The average Bonchev–Trinajstić information content (AvgIpc) is 2.34. The van der Waals surface area contributed by atoms with E-state index in [9.17, 15) is 19.8 Å². The van der Waals surface area contributed by atoms with E-state index in [2.05, 4.69) is 5.32 Å². The fourth-order valence-corrected chi connectivity index (χ4v) is 1.81. The second-order valence-corrected chi connectivity index (χ2v) is 4.29. The Kier molecular flexibility index (Phi) is 5.02. The summed E-state index contributed by atoms with van der Waals surface area (Å²) in [5.41, 5.74) is 0.663. The molecule has 1 aromatic carbocycles. The van der Waals surface area contributed by atoms with Gasteiger partial charge in [-0.1, -0.05) is 12.1 Å². The van der Waals surface area contributed by atoms with Crippen molar-refractivity contribution in [1.82, 2.24) is 5.32 Å². The molecule has 4 N–H and O–H groups in total. The van der Waals surface area contributed by atoms with Gasteiger partial charge in [-0.3, -0.25) is 4.79 Å². The molecular formula is C13H17NO5. The fourth-order valence-electron chi connectivity index (χ4n) is 1.81. The molecule has 2 atom stereocenters. The summed E-state index contributed by atoms with van der Waals surface area (Å²) >= 11 is 0. The van der Waals surface area contributed by atoms with E-state index in [-0.39, 0.29) is 23.6 Å². The van der Waals surface area contributed by atoms with Crippen molar-refractivity contribution in [3.8, 4) is 0 Å². The van der Waals surface area contributed by atoms with Crippen LogP contribution in [0.15, 0.2) is 18.2 Å². The highest BCUT2D eigenvalue weighted by Gasteiger charge is 2.25. The van der Waals surface area contributed by atoms with E-state index >= 15 is 0 Å². The maximum Gasteiger partial charge on any atom is 0.336 e. The van der Waals surface area contributed by atoms with E-state index in [1.165, 1.54) is 13.0 Å².